The number of carbonyl (C=O) groups is 1. The Labute approximate surface area is 203 Å². The predicted octanol–water partition coefficient (Wildman–Crippen LogP) is 1.06. The third-order valence-electron chi connectivity index (χ3n) is 8.24. The zero-order chi connectivity index (χ0) is 25.2. The average molecular weight is 491 g/mol. The van der Waals surface area contributed by atoms with Crippen LogP contribution in [0.4, 0.5) is 0 Å². The van der Waals surface area contributed by atoms with Crippen LogP contribution in [-0.4, -0.2) is 74.7 Å². The Kier molecular flexibility index (Phi) is 6.32. The smallest absolute Gasteiger partial charge is 0.187 e. The molecule has 35 heavy (non-hydrogen) atoms. The Morgan fingerprint density at radius 1 is 1.06 bits per heavy atom. The summed E-state index contributed by atoms with van der Waals surface area (Å²) in [6.07, 6.45) is -7.13. The second-order valence-corrected chi connectivity index (χ2v) is 10.5. The van der Waals surface area contributed by atoms with Crippen molar-refractivity contribution in [2.45, 2.75) is 88.0 Å². The van der Waals surface area contributed by atoms with Crippen LogP contribution in [0.15, 0.2) is 29.3 Å². The van der Waals surface area contributed by atoms with Gasteiger partial charge >= 0.3 is 0 Å². The number of benzene rings is 1. The molecule has 0 aromatic heterocycles. The zero-order valence-corrected chi connectivity index (χ0v) is 20.1. The molecule has 9 nitrogen and oxygen atoms in total. The van der Waals surface area contributed by atoms with Crippen molar-refractivity contribution in [2.24, 2.45) is 11.8 Å². The fourth-order valence-corrected chi connectivity index (χ4v) is 6.49. The molecule has 1 aromatic rings. The van der Waals surface area contributed by atoms with Crippen LogP contribution < -0.4 is 4.74 Å². The molecule has 0 amide bonds. The molecule has 1 aliphatic heterocycles. The van der Waals surface area contributed by atoms with Crippen molar-refractivity contribution in [3.8, 4) is 5.75 Å². The van der Waals surface area contributed by atoms with Crippen LogP contribution in [0.5, 0.6) is 5.75 Å². The number of rotatable bonds is 3. The Morgan fingerprint density at radius 3 is 2.51 bits per heavy atom. The molecular formula is C26H34O9. The third kappa shape index (κ3) is 3.76. The number of aliphatic hydroxyl groups excluding tert-OH is 4. The molecular weight excluding hydrogens is 456 g/mol. The third-order valence-corrected chi connectivity index (χ3v) is 8.24. The predicted molar refractivity (Wildman–Crippen MR) is 122 cm³/mol. The van der Waals surface area contributed by atoms with E-state index in [2.05, 4.69) is 0 Å². The van der Waals surface area contributed by atoms with Crippen molar-refractivity contribution in [1.82, 2.24) is 0 Å². The van der Waals surface area contributed by atoms with Crippen LogP contribution >= 0.6 is 0 Å². The largest absolute Gasteiger partial charge is 0.496 e. The number of methoxy groups -OCH3 is 1. The molecule has 0 radical (unpaired) electrons. The van der Waals surface area contributed by atoms with Crippen molar-refractivity contribution >= 4 is 5.78 Å². The van der Waals surface area contributed by atoms with Gasteiger partial charge in [0.15, 0.2) is 12.1 Å². The Balaban J connectivity index is 1.64. The SMILES string of the molecule is COc1cccc2c1[C@H](OC1OC(C)C(O)C(O)C1O)[C@@]1(O)CCC3=C(C(=O)C[C@H](C)C3)[C@@H]1[C@H]2O. The number of hydrogen-bond donors (Lipinski definition) is 5. The molecule has 1 aromatic carbocycles. The first-order valence-electron chi connectivity index (χ1n) is 12.3. The Bertz CT molecular complexity index is 1040. The van der Waals surface area contributed by atoms with Gasteiger partial charge in [-0.25, -0.2) is 0 Å². The molecule has 5 rings (SSSR count). The van der Waals surface area contributed by atoms with Gasteiger partial charge in [0.2, 0.25) is 0 Å². The van der Waals surface area contributed by atoms with Crippen molar-refractivity contribution in [3.63, 3.8) is 0 Å². The van der Waals surface area contributed by atoms with Gasteiger partial charge in [0.1, 0.15) is 35.8 Å². The molecule has 1 fully saturated rings. The molecule has 5 unspecified atom stereocenters. The molecule has 3 aliphatic carbocycles. The lowest BCUT2D eigenvalue weighted by atomic mass is 9.57. The number of ketones is 1. The van der Waals surface area contributed by atoms with E-state index in [1.165, 1.54) is 7.11 Å². The van der Waals surface area contributed by atoms with Gasteiger partial charge in [0, 0.05) is 23.5 Å². The standard InChI is InChI=1S/C26H34O9/c1-11-9-13-7-8-26(32)19(17(13)15(27)10-11)21(29)14-5-4-6-16(33-3)18(14)24(26)35-25-23(31)22(30)20(28)12(2)34-25/h4-6,11-12,19-25,28-32H,7-10H2,1-3H3/t11-,12?,19-,20?,21+,22?,23?,24+,25?,26-/m1/s1. The zero-order valence-electron chi connectivity index (χ0n) is 20.1. The maximum Gasteiger partial charge on any atom is 0.187 e. The van der Waals surface area contributed by atoms with Crippen LogP contribution in [0.3, 0.4) is 0 Å². The molecule has 4 aliphatic rings. The average Bonchev–Trinajstić information content (AvgIpc) is 2.83. The highest BCUT2D eigenvalue weighted by molar-refractivity contribution is 5.98. The number of allylic oxidation sites excluding steroid dienone is 1. The van der Waals surface area contributed by atoms with E-state index in [0.717, 1.165) is 12.0 Å². The quantitative estimate of drug-likeness (QED) is 0.420. The van der Waals surface area contributed by atoms with E-state index >= 15 is 0 Å². The lowest BCUT2D eigenvalue weighted by Crippen LogP contribution is -2.60. The highest BCUT2D eigenvalue weighted by atomic mass is 16.7. The summed E-state index contributed by atoms with van der Waals surface area (Å²) < 4.78 is 17.5. The summed E-state index contributed by atoms with van der Waals surface area (Å²) in [4.78, 5) is 13.2. The number of ether oxygens (including phenoxy) is 3. The first-order chi connectivity index (χ1) is 16.6. The monoisotopic (exact) mass is 490 g/mol. The number of fused-ring (bicyclic) bond motifs is 3. The van der Waals surface area contributed by atoms with Crippen molar-refractivity contribution in [2.75, 3.05) is 7.11 Å². The fourth-order valence-electron chi connectivity index (χ4n) is 6.49. The van der Waals surface area contributed by atoms with E-state index in [4.69, 9.17) is 14.2 Å². The van der Waals surface area contributed by atoms with E-state index in [-0.39, 0.29) is 18.1 Å². The van der Waals surface area contributed by atoms with Crippen LogP contribution in [-0.2, 0) is 14.3 Å². The second kappa shape index (κ2) is 8.92. The van der Waals surface area contributed by atoms with Crippen LogP contribution in [0.2, 0.25) is 0 Å². The number of aliphatic hydroxyl groups is 5. The Morgan fingerprint density at radius 2 is 1.80 bits per heavy atom. The topological polar surface area (TPSA) is 146 Å². The fraction of sp³-hybridized carbons (Fsp3) is 0.654. The van der Waals surface area contributed by atoms with Gasteiger partial charge in [0.25, 0.3) is 0 Å². The minimum atomic E-state index is -1.70. The van der Waals surface area contributed by atoms with E-state index in [1.54, 1.807) is 25.1 Å². The van der Waals surface area contributed by atoms with Gasteiger partial charge in [-0.2, -0.15) is 0 Å². The maximum absolute atomic E-state index is 13.2. The molecule has 192 valence electrons. The second-order valence-electron chi connectivity index (χ2n) is 10.5. The van der Waals surface area contributed by atoms with Crippen LogP contribution in [0.25, 0.3) is 0 Å². The van der Waals surface area contributed by atoms with Gasteiger partial charge in [-0.15, -0.1) is 0 Å². The molecule has 9 heteroatoms. The van der Waals surface area contributed by atoms with E-state index in [0.29, 0.717) is 35.3 Å². The molecule has 0 saturated carbocycles. The highest BCUT2D eigenvalue weighted by Gasteiger charge is 2.60. The van der Waals surface area contributed by atoms with Crippen LogP contribution in [0, 0.1) is 11.8 Å². The minimum absolute atomic E-state index is 0.0767. The van der Waals surface area contributed by atoms with Gasteiger partial charge in [-0.3, -0.25) is 4.79 Å². The summed E-state index contributed by atoms with van der Waals surface area (Å²) in [7, 11) is 1.47. The van der Waals surface area contributed by atoms with Crippen molar-refractivity contribution in [3.05, 3.63) is 40.5 Å². The summed E-state index contributed by atoms with van der Waals surface area (Å²) in [5.41, 5.74) is 0.604. The van der Waals surface area contributed by atoms with Crippen LogP contribution in [0.1, 0.15) is 62.9 Å². The summed E-state index contributed by atoms with van der Waals surface area (Å²) >= 11 is 0. The number of carbonyl (C=O) groups excluding carboxylic acids is 1. The van der Waals surface area contributed by atoms with Gasteiger partial charge in [0.05, 0.1) is 19.3 Å². The normalized spacial score (nSPS) is 43.3. The lowest BCUT2D eigenvalue weighted by Gasteiger charge is -2.54. The van der Waals surface area contributed by atoms with Gasteiger partial charge in [-0.05, 0) is 43.7 Å². The molecule has 1 saturated heterocycles. The summed E-state index contributed by atoms with van der Waals surface area (Å²) in [6.45, 7) is 3.57. The van der Waals surface area contributed by atoms with Gasteiger partial charge in [-0.1, -0.05) is 24.6 Å². The number of hydrogen-bond acceptors (Lipinski definition) is 9. The molecule has 1 heterocycles. The van der Waals surface area contributed by atoms with E-state index in [1.807, 2.05) is 6.92 Å². The van der Waals surface area contributed by atoms with E-state index in [9.17, 15) is 30.3 Å². The molecule has 0 bridgehead atoms. The van der Waals surface area contributed by atoms with Gasteiger partial charge < -0.3 is 39.7 Å². The molecule has 10 atom stereocenters. The lowest BCUT2D eigenvalue weighted by molar-refractivity contribution is -0.326. The minimum Gasteiger partial charge on any atom is -0.496 e. The highest BCUT2D eigenvalue weighted by Crippen LogP contribution is 2.59. The molecule has 5 N–H and O–H groups in total. The van der Waals surface area contributed by atoms with Crippen molar-refractivity contribution < 1.29 is 44.5 Å². The van der Waals surface area contributed by atoms with Crippen molar-refractivity contribution in [1.29, 1.82) is 0 Å². The first kappa shape index (κ1) is 24.8. The van der Waals surface area contributed by atoms with E-state index < -0.39 is 54.4 Å². The maximum atomic E-state index is 13.2. The Hall–Kier alpha value is -1.85. The molecule has 0 spiro atoms. The first-order valence-corrected chi connectivity index (χ1v) is 12.3. The summed E-state index contributed by atoms with van der Waals surface area (Å²) in [6, 6.07) is 5.12. The summed E-state index contributed by atoms with van der Waals surface area (Å²) in [5.74, 6) is -0.426. The summed E-state index contributed by atoms with van der Waals surface area (Å²) in [5, 5.41) is 54.8. The number of Topliss-reactive ketones (excluding diaryl/α,β-unsaturated/α-hetero) is 1.